The van der Waals surface area contributed by atoms with Crippen LogP contribution >= 0.6 is 0 Å². The van der Waals surface area contributed by atoms with Gasteiger partial charge in [0.1, 0.15) is 0 Å². The van der Waals surface area contributed by atoms with Crippen LogP contribution in [0.2, 0.25) is 0 Å². The van der Waals surface area contributed by atoms with Gasteiger partial charge in [-0.1, -0.05) is 12.1 Å². The summed E-state index contributed by atoms with van der Waals surface area (Å²) in [6, 6.07) is 7.29. The summed E-state index contributed by atoms with van der Waals surface area (Å²) in [5, 5.41) is 41.4. The van der Waals surface area contributed by atoms with Gasteiger partial charge in [-0.2, -0.15) is 0 Å². The fraction of sp³-hybridized carbons (Fsp3) is 0.500. The minimum Gasteiger partial charge on any atom is -0.402 e. The maximum absolute atomic E-state index is 10.1. The molecule has 7 N–H and O–H groups in total. The van der Waals surface area contributed by atoms with Crippen molar-refractivity contribution < 1.29 is 25.3 Å². The quantitative estimate of drug-likeness (QED) is 0.318. The lowest BCUT2D eigenvalue weighted by atomic mass is 9.82. The summed E-state index contributed by atoms with van der Waals surface area (Å²) < 4.78 is 0. The molecule has 0 aliphatic heterocycles. The summed E-state index contributed by atoms with van der Waals surface area (Å²) in [5.41, 5.74) is 4.93. The molecule has 6 nitrogen and oxygen atoms in total. The van der Waals surface area contributed by atoms with Crippen molar-refractivity contribution >= 4 is 13.0 Å². The van der Waals surface area contributed by atoms with Gasteiger partial charge in [0.25, 0.3) is 0 Å². The van der Waals surface area contributed by atoms with Crippen LogP contribution in [0.4, 0.5) is 5.69 Å². The molecular formula is C12H22BNO5. The van der Waals surface area contributed by atoms with Gasteiger partial charge in [0.05, 0.1) is 11.2 Å². The van der Waals surface area contributed by atoms with Crippen molar-refractivity contribution in [3.05, 3.63) is 29.8 Å². The number of benzene rings is 1. The van der Waals surface area contributed by atoms with Crippen molar-refractivity contribution in [3.8, 4) is 0 Å². The molecule has 1 unspecified atom stereocenters. The normalized spacial score (nSPS) is 14.1. The third-order valence-corrected chi connectivity index (χ3v) is 2.85. The van der Waals surface area contributed by atoms with Crippen molar-refractivity contribution in [2.24, 2.45) is 0 Å². The highest BCUT2D eigenvalue weighted by Gasteiger charge is 2.37. The van der Waals surface area contributed by atoms with E-state index in [4.69, 9.17) is 20.8 Å². The van der Waals surface area contributed by atoms with E-state index in [1.54, 1.807) is 32.9 Å². The smallest absolute Gasteiger partial charge is 0.402 e. The van der Waals surface area contributed by atoms with E-state index < -0.39 is 18.5 Å². The Bertz CT molecular complexity index is 370. The Balaban J connectivity index is 0.000000711. The third-order valence-electron chi connectivity index (χ3n) is 2.85. The lowest BCUT2D eigenvalue weighted by Crippen LogP contribution is -2.49. The number of rotatable bonds is 3. The Hall–Kier alpha value is -1.12. The molecule has 0 saturated carbocycles. The second-order valence-corrected chi connectivity index (χ2v) is 5.10. The maximum Gasteiger partial charge on any atom is 0.631 e. The van der Waals surface area contributed by atoms with Crippen LogP contribution in [-0.4, -0.2) is 43.8 Å². The van der Waals surface area contributed by atoms with E-state index in [-0.39, 0.29) is 0 Å². The van der Waals surface area contributed by atoms with Crippen LogP contribution in [0.3, 0.4) is 0 Å². The predicted molar refractivity (Wildman–Crippen MR) is 73.9 cm³/mol. The number of anilines is 1. The van der Waals surface area contributed by atoms with Crippen LogP contribution in [0.25, 0.3) is 0 Å². The molecule has 0 bridgehead atoms. The number of nitrogens with two attached hydrogens (primary N) is 1. The second kappa shape index (κ2) is 6.88. The highest BCUT2D eigenvalue weighted by Crippen LogP contribution is 2.25. The predicted octanol–water partition coefficient (Wildman–Crippen LogP) is -0.719. The molecule has 0 radical (unpaired) electrons. The molecule has 1 rings (SSSR count). The standard InChI is InChI=1S/C12H19NO2.BH3O3/c1-11(2,14)12(3,15)8-9-4-6-10(13)7-5-9;2-1(3)4/h4-7,14-15H,8,13H2,1-3H3;2-4H. The molecule has 0 saturated heterocycles. The minimum atomic E-state index is -2.17. The Labute approximate surface area is 113 Å². The Morgan fingerprint density at radius 1 is 1.00 bits per heavy atom. The minimum absolute atomic E-state index is 0.400. The Morgan fingerprint density at radius 2 is 1.37 bits per heavy atom. The van der Waals surface area contributed by atoms with Crippen molar-refractivity contribution in [1.29, 1.82) is 0 Å². The van der Waals surface area contributed by atoms with Crippen LogP contribution in [0.1, 0.15) is 26.3 Å². The molecule has 7 heteroatoms. The van der Waals surface area contributed by atoms with Crippen LogP contribution in [0.15, 0.2) is 24.3 Å². The molecule has 1 atom stereocenters. The van der Waals surface area contributed by atoms with Gasteiger partial charge in [-0.15, -0.1) is 0 Å². The number of hydrogen-bond acceptors (Lipinski definition) is 6. The van der Waals surface area contributed by atoms with Crippen LogP contribution in [0.5, 0.6) is 0 Å². The zero-order chi connectivity index (χ0) is 15.3. The molecule has 0 amide bonds. The fourth-order valence-corrected chi connectivity index (χ4v) is 1.25. The van der Waals surface area contributed by atoms with Gasteiger partial charge >= 0.3 is 7.32 Å². The summed E-state index contributed by atoms with van der Waals surface area (Å²) in [6.45, 7) is 4.83. The van der Waals surface area contributed by atoms with E-state index in [2.05, 4.69) is 0 Å². The first-order chi connectivity index (χ1) is 8.45. The number of nitrogen functional groups attached to an aromatic ring is 1. The summed E-state index contributed by atoms with van der Waals surface area (Å²) in [5.74, 6) is 0. The Morgan fingerprint density at radius 3 is 1.68 bits per heavy atom. The third kappa shape index (κ3) is 7.14. The maximum atomic E-state index is 10.1. The van der Waals surface area contributed by atoms with Gasteiger partial charge in [-0.05, 0) is 38.5 Å². The van der Waals surface area contributed by atoms with Crippen molar-refractivity contribution in [3.63, 3.8) is 0 Å². The Kier molecular flexibility index (Phi) is 6.48. The van der Waals surface area contributed by atoms with Gasteiger partial charge in [-0.25, -0.2) is 0 Å². The van der Waals surface area contributed by atoms with Crippen LogP contribution < -0.4 is 5.73 Å². The van der Waals surface area contributed by atoms with Gasteiger partial charge in [0.15, 0.2) is 0 Å². The highest BCUT2D eigenvalue weighted by atomic mass is 16.5. The average Bonchev–Trinajstić information content (AvgIpc) is 2.18. The van der Waals surface area contributed by atoms with E-state index >= 15 is 0 Å². The first-order valence-electron chi connectivity index (χ1n) is 5.79. The lowest BCUT2D eigenvalue weighted by molar-refractivity contribution is -0.118. The molecule has 1 aromatic carbocycles. The van der Waals surface area contributed by atoms with Crippen molar-refractivity contribution in [1.82, 2.24) is 0 Å². The van der Waals surface area contributed by atoms with Gasteiger partial charge in [0.2, 0.25) is 0 Å². The second-order valence-electron chi connectivity index (χ2n) is 5.10. The largest absolute Gasteiger partial charge is 0.631 e. The molecule has 19 heavy (non-hydrogen) atoms. The molecule has 0 fully saturated rings. The number of hydrogen-bond donors (Lipinski definition) is 6. The average molecular weight is 271 g/mol. The SMILES string of the molecule is CC(C)(O)C(C)(O)Cc1ccc(N)cc1.OB(O)O. The topological polar surface area (TPSA) is 127 Å². The zero-order valence-corrected chi connectivity index (χ0v) is 11.4. The monoisotopic (exact) mass is 271 g/mol. The molecular weight excluding hydrogens is 249 g/mol. The molecule has 0 spiro atoms. The van der Waals surface area contributed by atoms with E-state index in [0.29, 0.717) is 12.1 Å². The fourth-order valence-electron chi connectivity index (χ4n) is 1.25. The first kappa shape index (κ1) is 17.9. The van der Waals surface area contributed by atoms with E-state index in [1.807, 2.05) is 12.1 Å². The summed E-state index contributed by atoms with van der Waals surface area (Å²) in [6.07, 6.45) is 0.400. The van der Waals surface area contributed by atoms with E-state index in [9.17, 15) is 10.2 Å². The first-order valence-corrected chi connectivity index (χ1v) is 5.79. The van der Waals surface area contributed by atoms with Crippen LogP contribution in [0, 0.1) is 0 Å². The summed E-state index contributed by atoms with van der Waals surface area (Å²) >= 11 is 0. The molecule has 1 aromatic rings. The molecule has 108 valence electrons. The molecule has 0 aliphatic rings. The molecule has 0 heterocycles. The molecule has 0 aliphatic carbocycles. The van der Waals surface area contributed by atoms with Crippen molar-refractivity contribution in [2.45, 2.75) is 38.4 Å². The van der Waals surface area contributed by atoms with Gasteiger partial charge in [0, 0.05) is 12.1 Å². The highest BCUT2D eigenvalue weighted by molar-refractivity contribution is 6.30. The van der Waals surface area contributed by atoms with Crippen LogP contribution in [-0.2, 0) is 6.42 Å². The summed E-state index contributed by atoms with van der Waals surface area (Å²) in [4.78, 5) is 0. The van der Waals surface area contributed by atoms with Gasteiger partial charge in [-0.3, -0.25) is 0 Å². The number of aliphatic hydroxyl groups is 2. The lowest BCUT2D eigenvalue weighted by Gasteiger charge is -2.35. The summed E-state index contributed by atoms with van der Waals surface area (Å²) in [7, 11) is -2.17. The van der Waals surface area contributed by atoms with E-state index in [1.165, 1.54) is 0 Å². The zero-order valence-electron chi connectivity index (χ0n) is 11.4. The van der Waals surface area contributed by atoms with Crippen molar-refractivity contribution in [2.75, 3.05) is 5.73 Å². The molecule has 0 aromatic heterocycles. The van der Waals surface area contributed by atoms with Gasteiger partial charge < -0.3 is 31.0 Å². The van der Waals surface area contributed by atoms with E-state index in [0.717, 1.165) is 5.56 Å².